The summed E-state index contributed by atoms with van der Waals surface area (Å²) in [7, 11) is -3.72. The fourth-order valence-corrected chi connectivity index (χ4v) is 5.69. The molecule has 1 fully saturated rings. The number of sulfonamides is 1. The number of aryl methyl sites for hydroxylation is 2. The van der Waals surface area contributed by atoms with Gasteiger partial charge < -0.3 is 5.32 Å². The summed E-state index contributed by atoms with van der Waals surface area (Å²) in [5.41, 5.74) is 3.52. The number of rotatable bonds is 5. The number of hydrogen-bond donors (Lipinski definition) is 1. The quantitative estimate of drug-likeness (QED) is 0.746. The van der Waals surface area contributed by atoms with Crippen molar-refractivity contribution in [2.75, 3.05) is 13.1 Å². The lowest BCUT2D eigenvalue weighted by molar-refractivity contribution is 0.0939. The number of carbonyl (C=O) groups excluding carboxylic acids is 1. The van der Waals surface area contributed by atoms with Crippen molar-refractivity contribution < 1.29 is 13.2 Å². The van der Waals surface area contributed by atoms with Crippen LogP contribution >= 0.6 is 11.6 Å². The second-order valence-electron chi connectivity index (χ2n) is 7.67. The summed E-state index contributed by atoms with van der Waals surface area (Å²) in [6, 6.07) is 10.3. The molecule has 0 radical (unpaired) electrons. The Morgan fingerprint density at radius 2 is 1.76 bits per heavy atom. The zero-order chi connectivity index (χ0) is 21.2. The van der Waals surface area contributed by atoms with Gasteiger partial charge in [0, 0.05) is 18.7 Å². The first-order valence-electron chi connectivity index (χ1n) is 9.88. The van der Waals surface area contributed by atoms with Crippen molar-refractivity contribution >= 4 is 27.5 Å². The van der Waals surface area contributed by atoms with Gasteiger partial charge in [-0.05, 0) is 62.9 Å². The number of carbonyl (C=O) groups is 1. The molecule has 1 N–H and O–H groups in total. The van der Waals surface area contributed by atoms with Crippen molar-refractivity contribution in [3.05, 3.63) is 63.7 Å². The third-order valence-electron chi connectivity index (χ3n) is 5.38. The van der Waals surface area contributed by atoms with E-state index in [2.05, 4.69) is 5.32 Å². The van der Waals surface area contributed by atoms with Crippen molar-refractivity contribution in [1.29, 1.82) is 0 Å². The Morgan fingerprint density at radius 3 is 2.45 bits per heavy atom. The highest BCUT2D eigenvalue weighted by Crippen LogP contribution is 2.28. The molecule has 3 rings (SSSR count). The highest BCUT2D eigenvalue weighted by Gasteiger charge is 2.29. The van der Waals surface area contributed by atoms with E-state index >= 15 is 0 Å². The molecule has 0 aliphatic carbocycles. The van der Waals surface area contributed by atoms with E-state index in [-0.39, 0.29) is 27.4 Å². The molecule has 1 aliphatic rings. The molecular formula is C22H27ClN2O3S. The lowest BCUT2D eigenvalue weighted by Crippen LogP contribution is -2.36. The van der Waals surface area contributed by atoms with Gasteiger partial charge in [0.15, 0.2) is 0 Å². The molecule has 0 bridgehead atoms. The maximum atomic E-state index is 13.0. The Bertz CT molecular complexity index is 1010. The van der Waals surface area contributed by atoms with Gasteiger partial charge in [-0.15, -0.1) is 0 Å². The van der Waals surface area contributed by atoms with E-state index in [1.54, 1.807) is 6.07 Å². The molecule has 2 aromatic carbocycles. The zero-order valence-corrected chi connectivity index (χ0v) is 18.6. The first-order valence-corrected chi connectivity index (χ1v) is 11.7. The van der Waals surface area contributed by atoms with Crippen LogP contribution in [-0.2, 0) is 10.0 Å². The van der Waals surface area contributed by atoms with E-state index < -0.39 is 10.0 Å². The van der Waals surface area contributed by atoms with Crippen LogP contribution in [0.15, 0.2) is 41.3 Å². The number of nitrogens with zero attached hydrogens (tertiary/aromatic N) is 1. The monoisotopic (exact) mass is 434 g/mol. The van der Waals surface area contributed by atoms with Gasteiger partial charge in [-0.1, -0.05) is 41.8 Å². The van der Waals surface area contributed by atoms with Gasteiger partial charge in [0.1, 0.15) is 4.90 Å². The van der Waals surface area contributed by atoms with Crippen LogP contribution in [0.5, 0.6) is 0 Å². The Kier molecular flexibility index (Phi) is 6.66. The van der Waals surface area contributed by atoms with Crippen molar-refractivity contribution in [3.8, 4) is 0 Å². The summed E-state index contributed by atoms with van der Waals surface area (Å²) in [6.07, 6.45) is 2.70. The highest BCUT2D eigenvalue weighted by atomic mass is 35.5. The van der Waals surface area contributed by atoms with Gasteiger partial charge in [0.05, 0.1) is 11.1 Å². The van der Waals surface area contributed by atoms with Gasteiger partial charge >= 0.3 is 0 Å². The van der Waals surface area contributed by atoms with Crippen LogP contribution in [0.1, 0.15) is 59.3 Å². The number of hydrogen-bond acceptors (Lipinski definition) is 3. The first-order chi connectivity index (χ1) is 13.7. The molecule has 2 aromatic rings. The molecule has 0 saturated carbocycles. The van der Waals surface area contributed by atoms with Crippen molar-refractivity contribution in [2.24, 2.45) is 0 Å². The summed E-state index contributed by atoms with van der Waals surface area (Å²) >= 11 is 6.21. The predicted molar refractivity (Wildman–Crippen MR) is 116 cm³/mol. The zero-order valence-electron chi connectivity index (χ0n) is 17.0. The van der Waals surface area contributed by atoms with Crippen LogP contribution in [0.4, 0.5) is 0 Å². The minimum atomic E-state index is -3.72. The van der Waals surface area contributed by atoms with Crippen molar-refractivity contribution in [1.82, 2.24) is 9.62 Å². The molecule has 1 amide bonds. The van der Waals surface area contributed by atoms with E-state index in [0.29, 0.717) is 13.1 Å². The normalized spacial score (nSPS) is 16.4. The lowest BCUT2D eigenvalue weighted by atomic mass is 10.00. The Hall–Kier alpha value is -1.89. The molecule has 0 spiro atoms. The molecule has 1 saturated heterocycles. The standard InChI is InChI=1S/C22H27ClN2O3S/c1-15-7-8-16(2)19(13-15)17(3)24-22(26)18-9-10-20(23)21(14-18)29(27,28)25-11-5-4-6-12-25/h7-10,13-14,17H,4-6,11-12H2,1-3H3,(H,24,26). The number of amides is 1. The number of nitrogens with one attached hydrogen (secondary N) is 1. The third kappa shape index (κ3) is 4.82. The molecule has 1 unspecified atom stereocenters. The summed E-state index contributed by atoms with van der Waals surface area (Å²) in [5.74, 6) is -0.329. The average molecular weight is 435 g/mol. The maximum absolute atomic E-state index is 13.0. The van der Waals surface area contributed by atoms with Crippen LogP contribution in [0.25, 0.3) is 0 Å². The van der Waals surface area contributed by atoms with Crippen LogP contribution in [0, 0.1) is 13.8 Å². The molecule has 1 atom stereocenters. The summed E-state index contributed by atoms with van der Waals surface area (Å²) in [6.45, 7) is 6.90. The van der Waals surface area contributed by atoms with Crippen LogP contribution in [0.3, 0.4) is 0 Å². The summed E-state index contributed by atoms with van der Waals surface area (Å²) in [4.78, 5) is 12.8. The second kappa shape index (κ2) is 8.86. The first kappa shape index (κ1) is 21.8. The van der Waals surface area contributed by atoms with E-state index in [4.69, 9.17) is 11.6 Å². The van der Waals surface area contributed by atoms with Gasteiger partial charge in [-0.3, -0.25) is 4.79 Å². The van der Waals surface area contributed by atoms with E-state index in [0.717, 1.165) is 36.0 Å². The molecule has 7 heteroatoms. The fourth-order valence-electron chi connectivity index (χ4n) is 3.67. The third-order valence-corrected chi connectivity index (χ3v) is 7.76. The van der Waals surface area contributed by atoms with Crippen LogP contribution < -0.4 is 5.32 Å². The Balaban J connectivity index is 1.85. The van der Waals surface area contributed by atoms with E-state index in [9.17, 15) is 13.2 Å². The second-order valence-corrected chi connectivity index (χ2v) is 9.98. The topological polar surface area (TPSA) is 66.5 Å². The van der Waals surface area contributed by atoms with Crippen LogP contribution in [-0.4, -0.2) is 31.7 Å². The van der Waals surface area contributed by atoms with Crippen LogP contribution in [0.2, 0.25) is 5.02 Å². The van der Waals surface area contributed by atoms with E-state index in [1.807, 2.05) is 39.0 Å². The van der Waals surface area contributed by atoms with Gasteiger partial charge in [0.25, 0.3) is 5.91 Å². The van der Waals surface area contributed by atoms with Gasteiger partial charge in [0.2, 0.25) is 10.0 Å². The minimum Gasteiger partial charge on any atom is -0.346 e. The predicted octanol–water partition coefficient (Wildman–Crippen LogP) is 4.62. The Labute approximate surface area is 178 Å². The Morgan fingerprint density at radius 1 is 1.07 bits per heavy atom. The maximum Gasteiger partial charge on any atom is 0.251 e. The van der Waals surface area contributed by atoms with Crippen molar-refractivity contribution in [2.45, 2.75) is 51.0 Å². The van der Waals surface area contributed by atoms with Crippen molar-refractivity contribution in [3.63, 3.8) is 0 Å². The molecule has 1 aliphatic heterocycles. The number of piperidine rings is 1. The summed E-state index contributed by atoms with van der Waals surface area (Å²) in [5, 5.41) is 3.10. The minimum absolute atomic E-state index is 0.00638. The van der Waals surface area contributed by atoms with Gasteiger partial charge in [-0.2, -0.15) is 4.31 Å². The molecule has 1 heterocycles. The smallest absolute Gasteiger partial charge is 0.251 e. The largest absolute Gasteiger partial charge is 0.346 e. The van der Waals surface area contributed by atoms with Gasteiger partial charge in [-0.25, -0.2) is 8.42 Å². The number of halogens is 1. The molecule has 29 heavy (non-hydrogen) atoms. The molecule has 5 nitrogen and oxygen atoms in total. The number of benzene rings is 2. The fraction of sp³-hybridized carbons (Fsp3) is 0.409. The molecule has 156 valence electrons. The highest BCUT2D eigenvalue weighted by molar-refractivity contribution is 7.89. The molecule has 0 aromatic heterocycles. The summed E-state index contributed by atoms with van der Waals surface area (Å²) < 4.78 is 27.5. The average Bonchev–Trinajstić information content (AvgIpc) is 2.70. The van der Waals surface area contributed by atoms with E-state index in [1.165, 1.54) is 16.4 Å². The lowest BCUT2D eigenvalue weighted by Gasteiger charge is -2.26. The SMILES string of the molecule is Cc1ccc(C)c(C(C)NC(=O)c2ccc(Cl)c(S(=O)(=O)N3CCCCC3)c2)c1. The molecular weight excluding hydrogens is 408 g/mol.